The molecule has 0 saturated heterocycles. The molecule has 5 heteroatoms. The Balaban J connectivity index is 2.02. The molecule has 0 bridgehead atoms. The van der Waals surface area contributed by atoms with Crippen molar-refractivity contribution in [3.63, 3.8) is 0 Å². The first-order chi connectivity index (χ1) is 9.97. The van der Waals surface area contributed by atoms with Crippen molar-refractivity contribution in [1.29, 1.82) is 0 Å². The van der Waals surface area contributed by atoms with Crippen molar-refractivity contribution in [1.82, 2.24) is 0 Å². The number of carbonyl (C=O) groups excluding carboxylic acids is 1. The maximum absolute atomic E-state index is 12.2. The van der Waals surface area contributed by atoms with Crippen LogP contribution in [0.25, 0.3) is 0 Å². The molecule has 0 aliphatic carbocycles. The highest BCUT2D eigenvalue weighted by atomic mass is 79.9. The van der Waals surface area contributed by atoms with E-state index in [0.29, 0.717) is 5.02 Å². The van der Waals surface area contributed by atoms with Crippen molar-refractivity contribution in [3.05, 3.63) is 57.5 Å². The molecule has 1 atom stereocenters. The molecule has 2 aromatic rings. The topological polar surface area (TPSA) is 41.1 Å². The average Bonchev–Trinajstić information content (AvgIpc) is 2.46. The highest BCUT2D eigenvalue weighted by Gasteiger charge is 2.14. The quantitative estimate of drug-likeness (QED) is 0.811. The summed E-state index contributed by atoms with van der Waals surface area (Å²) in [6, 6.07) is 12.8. The minimum Gasteiger partial charge on any atom is -0.374 e. The van der Waals surface area contributed by atoms with Gasteiger partial charge in [0, 0.05) is 20.9 Å². The first-order valence-corrected chi connectivity index (χ1v) is 7.72. The second-order valence-electron chi connectivity index (χ2n) is 4.77. The van der Waals surface area contributed by atoms with Crippen LogP contribution < -0.4 is 10.6 Å². The van der Waals surface area contributed by atoms with Gasteiger partial charge in [0.05, 0.1) is 0 Å². The summed E-state index contributed by atoms with van der Waals surface area (Å²) in [7, 11) is 0. The Hall–Kier alpha value is -1.52. The van der Waals surface area contributed by atoms with Crippen molar-refractivity contribution in [3.8, 4) is 0 Å². The number of amides is 1. The maximum Gasteiger partial charge on any atom is 0.246 e. The monoisotopic (exact) mass is 366 g/mol. The summed E-state index contributed by atoms with van der Waals surface area (Å²) in [5, 5.41) is 6.68. The average molecular weight is 368 g/mol. The van der Waals surface area contributed by atoms with Gasteiger partial charge in [-0.2, -0.15) is 0 Å². The van der Waals surface area contributed by atoms with Crippen LogP contribution in [0, 0.1) is 6.92 Å². The number of hydrogen-bond donors (Lipinski definition) is 2. The van der Waals surface area contributed by atoms with E-state index in [1.54, 1.807) is 6.07 Å². The lowest BCUT2D eigenvalue weighted by Gasteiger charge is -2.16. The summed E-state index contributed by atoms with van der Waals surface area (Å²) in [6.07, 6.45) is 0. The van der Waals surface area contributed by atoms with Crippen LogP contribution in [0.15, 0.2) is 46.9 Å². The molecule has 2 aromatic carbocycles. The van der Waals surface area contributed by atoms with Gasteiger partial charge in [0.2, 0.25) is 5.91 Å². The van der Waals surface area contributed by atoms with Crippen LogP contribution in [0.4, 0.5) is 11.4 Å². The van der Waals surface area contributed by atoms with E-state index in [0.717, 1.165) is 21.4 Å². The lowest BCUT2D eigenvalue weighted by molar-refractivity contribution is -0.116. The van der Waals surface area contributed by atoms with Gasteiger partial charge in [-0.1, -0.05) is 33.6 Å². The van der Waals surface area contributed by atoms with Crippen molar-refractivity contribution < 1.29 is 4.79 Å². The Kier molecular flexibility index (Phi) is 5.26. The predicted octanol–water partition coefficient (Wildman–Crippen LogP) is 4.85. The van der Waals surface area contributed by atoms with Crippen molar-refractivity contribution in [2.75, 3.05) is 10.6 Å². The van der Waals surface area contributed by atoms with Crippen LogP contribution >= 0.6 is 27.5 Å². The molecule has 21 heavy (non-hydrogen) atoms. The molecule has 0 aromatic heterocycles. The minimum atomic E-state index is -0.357. The lowest BCUT2D eigenvalue weighted by Crippen LogP contribution is -2.32. The molecule has 3 nitrogen and oxygen atoms in total. The maximum atomic E-state index is 12.2. The molecule has 0 aliphatic heterocycles. The summed E-state index contributed by atoms with van der Waals surface area (Å²) >= 11 is 9.43. The summed E-state index contributed by atoms with van der Waals surface area (Å²) < 4.78 is 1.000. The number of hydrogen-bond acceptors (Lipinski definition) is 2. The number of carbonyl (C=O) groups is 1. The van der Waals surface area contributed by atoms with E-state index in [2.05, 4.69) is 26.6 Å². The van der Waals surface area contributed by atoms with E-state index in [1.807, 2.05) is 50.2 Å². The summed E-state index contributed by atoms with van der Waals surface area (Å²) in [6.45, 7) is 3.70. The third kappa shape index (κ3) is 4.22. The van der Waals surface area contributed by atoms with Gasteiger partial charge >= 0.3 is 0 Å². The summed E-state index contributed by atoms with van der Waals surface area (Å²) in [5.74, 6) is -0.108. The van der Waals surface area contributed by atoms with Gasteiger partial charge in [-0.15, -0.1) is 0 Å². The number of nitrogens with one attached hydrogen (secondary N) is 2. The fourth-order valence-corrected chi connectivity index (χ4v) is 2.28. The molecule has 0 aliphatic rings. The van der Waals surface area contributed by atoms with Gasteiger partial charge < -0.3 is 10.6 Å². The smallest absolute Gasteiger partial charge is 0.246 e. The highest BCUT2D eigenvalue weighted by molar-refractivity contribution is 9.10. The second-order valence-corrected chi connectivity index (χ2v) is 6.10. The lowest BCUT2D eigenvalue weighted by atomic mass is 10.2. The molecular weight excluding hydrogens is 352 g/mol. The molecule has 0 unspecified atom stereocenters. The molecule has 2 rings (SSSR count). The number of halogens is 2. The van der Waals surface area contributed by atoms with E-state index in [4.69, 9.17) is 11.6 Å². The van der Waals surface area contributed by atoms with Crippen molar-refractivity contribution >= 4 is 44.8 Å². The molecule has 0 fully saturated rings. The summed E-state index contributed by atoms with van der Waals surface area (Å²) in [4.78, 5) is 12.2. The summed E-state index contributed by atoms with van der Waals surface area (Å²) in [5.41, 5.74) is 2.49. The Morgan fingerprint density at radius 3 is 2.52 bits per heavy atom. The molecule has 0 radical (unpaired) electrons. The molecule has 110 valence electrons. The molecular formula is C16H16BrClN2O. The Morgan fingerprint density at radius 2 is 1.86 bits per heavy atom. The Morgan fingerprint density at radius 1 is 1.19 bits per heavy atom. The zero-order valence-electron chi connectivity index (χ0n) is 11.8. The van der Waals surface area contributed by atoms with E-state index in [-0.39, 0.29) is 11.9 Å². The fraction of sp³-hybridized carbons (Fsp3) is 0.188. The van der Waals surface area contributed by atoms with Crippen molar-refractivity contribution in [2.45, 2.75) is 19.9 Å². The Labute approximate surface area is 137 Å². The zero-order valence-corrected chi connectivity index (χ0v) is 14.1. The third-order valence-corrected chi connectivity index (χ3v) is 4.08. The molecule has 0 spiro atoms. The predicted molar refractivity (Wildman–Crippen MR) is 92.0 cm³/mol. The SMILES string of the molecule is Cc1c(Cl)cccc1NC(=O)[C@H](C)Nc1ccc(Br)cc1. The number of rotatable bonds is 4. The van der Waals surface area contributed by atoms with Crippen LogP contribution in [0.5, 0.6) is 0 Å². The van der Waals surface area contributed by atoms with Gasteiger partial charge in [0.25, 0.3) is 0 Å². The molecule has 0 heterocycles. The van der Waals surface area contributed by atoms with Crippen LogP contribution in [0.2, 0.25) is 5.02 Å². The normalized spacial score (nSPS) is 11.8. The fourth-order valence-electron chi connectivity index (χ4n) is 1.85. The zero-order chi connectivity index (χ0) is 15.4. The first-order valence-electron chi connectivity index (χ1n) is 6.55. The second kappa shape index (κ2) is 6.96. The van der Waals surface area contributed by atoms with Gasteiger partial charge in [-0.3, -0.25) is 4.79 Å². The molecule has 2 N–H and O–H groups in total. The van der Waals surface area contributed by atoms with Gasteiger partial charge in [-0.25, -0.2) is 0 Å². The van der Waals surface area contributed by atoms with Gasteiger partial charge in [0.15, 0.2) is 0 Å². The number of anilines is 2. The van der Waals surface area contributed by atoms with Crippen LogP contribution in [0.1, 0.15) is 12.5 Å². The van der Waals surface area contributed by atoms with Crippen molar-refractivity contribution in [2.24, 2.45) is 0 Å². The molecule has 0 saturated carbocycles. The number of benzene rings is 2. The van der Waals surface area contributed by atoms with E-state index in [9.17, 15) is 4.79 Å². The van der Waals surface area contributed by atoms with Crippen LogP contribution in [-0.2, 0) is 4.79 Å². The third-order valence-electron chi connectivity index (χ3n) is 3.15. The van der Waals surface area contributed by atoms with E-state index >= 15 is 0 Å². The van der Waals surface area contributed by atoms with Crippen LogP contribution in [-0.4, -0.2) is 11.9 Å². The standard InChI is InChI=1S/C16H16BrClN2O/c1-10-14(18)4-3-5-15(10)20-16(21)11(2)19-13-8-6-12(17)7-9-13/h3-9,11,19H,1-2H3,(H,20,21)/t11-/m0/s1. The van der Waals surface area contributed by atoms with E-state index < -0.39 is 0 Å². The van der Waals surface area contributed by atoms with Crippen LogP contribution in [0.3, 0.4) is 0 Å². The van der Waals surface area contributed by atoms with E-state index in [1.165, 1.54) is 0 Å². The minimum absolute atomic E-state index is 0.108. The van der Waals surface area contributed by atoms with Gasteiger partial charge in [0.1, 0.15) is 6.04 Å². The largest absolute Gasteiger partial charge is 0.374 e. The molecule has 1 amide bonds. The Bertz CT molecular complexity index is 643. The first kappa shape index (κ1) is 15.9. The highest BCUT2D eigenvalue weighted by Crippen LogP contribution is 2.23. The van der Waals surface area contributed by atoms with Gasteiger partial charge in [-0.05, 0) is 55.8 Å².